The minimum absolute atomic E-state index is 0.114. The highest BCUT2D eigenvalue weighted by Gasteiger charge is 2.10. The number of rotatable bonds is 7. The molecule has 1 N–H and O–H groups in total. The molecular weight excluding hydrogens is 264 g/mol. The summed E-state index contributed by atoms with van der Waals surface area (Å²) in [7, 11) is 1.64. The third-order valence-electron chi connectivity index (χ3n) is 3.53. The van der Waals surface area contributed by atoms with Crippen molar-refractivity contribution in [3.63, 3.8) is 0 Å². The summed E-state index contributed by atoms with van der Waals surface area (Å²) < 4.78 is 10.8. The first-order valence-electron chi connectivity index (χ1n) is 7.17. The zero-order valence-electron chi connectivity index (χ0n) is 12.6. The van der Waals surface area contributed by atoms with Gasteiger partial charge in [0.05, 0.1) is 20.3 Å². The highest BCUT2D eigenvalue weighted by molar-refractivity contribution is 5.31. The molecule has 0 aliphatic rings. The van der Waals surface area contributed by atoms with Gasteiger partial charge in [-0.05, 0) is 43.2 Å². The van der Waals surface area contributed by atoms with Crippen LogP contribution in [0.2, 0.25) is 0 Å². The topological polar surface area (TPSA) is 38.7 Å². The van der Waals surface area contributed by atoms with Crippen molar-refractivity contribution in [3.8, 4) is 11.5 Å². The largest absolute Gasteiger partial charge is 0.497 e. The van der Waals surface area contributed by atoms with Gasteiger partial charge in [-0.3, -0.25) is 0 Å². The van der Waals surface area contributed by atoms with Gasteiger partial charge in [-0.25, -0.2) is 0 Å². The summed E-state index contributed by atoms with van der Waals surface area (Å²) in [6.07, 6.45) is 0.784. The highest BCUT2D eigenvalue weighted by Crippen LogP contribution is 2.22. The van der Waals surface area contributed by atoms with Gasteiger partial charge in [0.2, 0.25) is 0 Å². The summed E-state index contributed by atoms with van der Waals surface area (Å²) in [4.78, 5) is 0. The van der Waals surface area contributed by atoms with E-state index in [2.05, 4.69) is 25.1 Å². The van der Waals surface area contributed by atoms with Gasteiger partial charge < -0.3 is 14.6 Å². The fourth-order valence-corrected chi connectivity index (χ4v) is 2.28. The molecule has 0 aliphatic heterocycles. The van der Waals surface area contributed by atoms with E-state index in [4.69, 9.17) is 9.47 Å². The second-order valence-corrected chi connectivity index (χ2v) is 5.11. The molecule has 0 aliphatic carbocycles. The van der Waals surface area contributed by atoms with Gasteiger partial charge in [-0.2, -0.15) is 0 Å². The van der Waals surface area contributed by atoms with Crippen LogP contribution in [0.5, 0.6) is 11.5 Å². The number of methoxy groups -OCH3 is 1. The van der Waals surface area contributed by atoms with Crippen molar-refractivity contribution in [3.05, 3.63) is 59.7 Å². The molecule has 2 aromatic rings. The van der Waals surface area contributed by atoms with Gasteiger partial charge >= 0.3 is 0 Å². The van der Waals surface area contributed by atoms with Gasteiger partial charge in [-0.1, -0.05) is 29.8 Å². The minimum atomic E-state index is 0.114. The average Bonchev–Trinajstić information content (AvgIpc) is 2.52. The van der Waals surface area contributed by atoms with Crippen LogP contribution in [0.1, 0.15) is 23.5 Å². The molecule has 0 saturated carbocycles. The molecule has 0 bridgehead atoms. The molecular formula is C18H22O3. The Kier molecular flexibility index (Phi) is 5.64. The maximum Gasteiger partial charge on any atom is 0.119 e. The standard InChI is InChI=1S/C18H22O3/c1-14-4-3-5-15(12-14)16(13-19)10-11-21-18-8-6-17(20-2)7-9-18/h3-9,12,16,19H,10-11,13H2,1-2H3. The lowest BCUT2D eigenvalue weighted by Gasteiger charge is -2.16. The summed E-state index contributed by atoms with van der Waals surface area (Å²) in [5, 5.41) is 9.56. The molecule has 21 heavy (non-hydrogen) atoms. The molecule has 0 spiro atoms. The van der Waals surface area contributed by atoms with Gasteiger partial charge in [0, 0.05) is 5.92 Å². The second kappa shape index (κ2) is 7.70. The molecule has 0 saturated heterocycles. The van der Waals surface area contributed by atoms with E-state index in [-0.39, 0.29) is 12.5 Å². The van der Waals surface area contributed by atoms with E-state index in [9.17, 15) is 5.11 Å². The van der Waals surface area contributed by atoms with Crippen LogP contribution in [-0.4, -0.2) is 25.4 Å². The Morgan fingerprint density at radius 3 is 2.38 bits per heavy atom. The van der Waals surface area contributed by atoms with Crippen LogP contribution in [0.25, 0.3) is 0 Å². The Balaban J connectivity index is 1.88. The molecule has 0 amide bonds. The predicted octanol–water partition coefficient (Wildman–Crippen LogP) is 3.55. The summed E-state index contributed by atoms with van der Waals surface area (Å²) in [6.45, 7) is 2.77. The smallest absolute Gasteiger partial charge is 0.119 e. The molecule has 3 heteroatoms. The lowest BCUT2D eigenvalue weighted by atomic mass is 9.95. The summed E-state index contributed by atoms with van der Waals surface area (Å²) >= 11 is 0. The molecule has 112 valence electrons. The number of aliphatic hydroxyl groups excluding tert-OH is 1. The van der Waals surface area contributed by atoms with Crippen molar-refractivity contribution in [1.29, 1.82) is 0 Å². The SMILES string of the molecule is COc1ccc(OCCC(CO)c2cccc(C)c2)cc1. The van der Waals surface area contributed by atoms with Crippen molar-refractivity contribution >= 4 is 0 Å². The first kappa shape index (κ1) is 15.4. The molecule has 2 aromatic carbocycles. The number of aliphatic hydroxyl groups is 1. The first-order valence-corrected chi connectivity index (χ1v) is 7.17. The fraction of sp³-hybridized carbons (Fsp3) is 0.333. The Hall–Kier alpha value is -2.00. The van der Waals surface area contributed by atoms with Crippen molar-refractivity contribution in [1.82, 2.24) is 0 Å². The van der Waals surface area contributed by atoms with E-state index in [1.165, 1.54) is 5.56 Å². The van der Waals surface area contributed by atoms with Crippen molar-refractivity contribution in [2.45, 2.75) is 19.3 Å². The summed E-state index contributed by atoms with van der Waals surface area (Å²) in [5.74, 6) is 1.75. The molecule has 2 rings (SSSR count). The lowest BCUT2D eigenvalue weighted by molar-refractivity contribution is 0.229. The van der Waals surface area contributed by atoms with Crippen LogP contribution < -0.4 is 9.47 Å². The van der Waals surface area contributed by atoms with Crippen LogP contribution in [0.3, 0.4) is 0 Å². The van der Waals surface area contributed by atoms with Crippen molar-refractivity contribution in [2.75, 3.05) is 20.3 Å². The van der Waals surface area contributed by atoms with E-state index >= 15 is 0 Å². The van der Waals surface area contributed by atoms with Gasteiger partial charge in [-0.15, -0.1) is 0 Å². The Morgan fingerprint density at radius 1 is 1.05 bits per heavy atom. The zero-order valence-corrected chi connectivity index (χ0v) is 12.6. The second-order valence-electron chi connectivity index (χ2n) is 5.11. The van der Waals surface area contributed by atoms with E-state index < -0.39 is 0 Å². The first-order chi connectivity index (χ1) is 10.2. The number of ether oxygens (including phenoxy) is 2. The number of hydrogen-bond donors (Lipinski definition) is 1. The molecule has 0 heterocycles. The van der Waals surface area contributed by atoms with E-state index in [1.54, 1.807) is 7.11 Å². The van der Waals surface area contributed by atoms with E-state index in [0.29, 0.717) is 6.61 Å². The zero-order chi connectivity index (χ0) is 15.1. The Morgan fingerprint density at radius 2 is 1.76 bits per heavy atom. The number of benzene rings is 2. The third-order valence-corrected chi connectivity index (χ3v) is 3.53. The van der Waals surface area contributed by atoms with Crippen LogP contribution in [0.4, 0.5) is 0 Å². The molecule has 0 aromatic heterocycles. The molecule has 0 fully saturated rings. The predicted molar refractivity (Wildman–Crippen MR) is 84.1 cm³/mol. The lowest BCUT2D eigenvalue weighted by Crippen LogP contribution is -2.09. The fourth-order valence-electron chi connectivity index (χ4n) is 2.28. The number of hydrogen-bond acceptors (Lipinski definition) is 3. The van der Waals surface area contributed by atoms with Gasteiger partial charge in [0.1, 0.15) is 11.5 Å². The minimum Gasteiger partial charge on any atom is -0.497 e. The highest BCUT2D eigenvalue weighted by atomic mass is 16.5. The van der Waals surface area contributed by atoms with Crippen molar-refractivity contribution < 1.29 is 14.6 Å². The van der Waals surface area contributed by atoms with Gasteiger partial charge in [0.15, 0.2) is 0 Å². The maximum absolute atomic E-state index is 9.56. The molecule has 3 nitrogen and oxygen atoms in total. The average molecular weight is 286 g/mol. The Bertz CT molecular complexity index is 549. The van der Waals surface area contributed by atoms with E-state index in [0.717, 1.165) is 23.5 Å². The third kappa shape index (κ3) is 4.50. The van der Waals surface area contributed by atoms with Crippen LogP contribution in [0.15, 0.2) is 48.5 Å². The maximum atomic E-state index is 9.56. The normalized spacial score (nSPS) is 12.0. The summed E-state index contributed by atoms with van der Waals surface area (Å²) in [5.41, 5.74) is 2.37. The number of aryl methyl sites for hydroxylation is 1. The quantitative estimate of drug-likeness (QED) is 0.846. The molecule has 1 atom stereocenters. The Labute approximate surface area is 126 Å². The summed E-state index contributed by atoms with van der Waals surface area (Å²) in [6, 6.07) is 15.8. The molecule has 0 radical (unpaired) electrons. The van der Waals surface area contributed by atoms with Crippen LogP contribution >= 0.6 is 0 Å². The molecule has 1 unspecified atom stereocenters. The van der Waals surface area contributed by atoms with Crippen LogP contribution in [0, 0.1) is 6.92 Å². The van der Waals surface area contributed by atoms with Crippen molar-refractivity contribution in [2.24, 2.45) is 0 Å². The van der Waals surface area contributed by atoms with Gasteiger partial charge in [0.25, 0.3) is 0 Å². The monoisotopic (exact) mass is 286 g/mol. The van der Waals surface area contributed by atoms with E-state index in [1.807, 2.05) is 30.3 Å². The van der Waals surface area contributed by atoms with Crippen LogP contribution in [-0.2, 0) is 0 Å².